The topological polar surface area (TPSA) is 122 Å². The fourth-order valence-corrected chi connectivity index (χ4v) is 4.19. The number of carbonyl (C=O) groups excluding carboxylic acids is 1. The second-order valence-corrected chi connectivity index (χ2v) is 8.88. The highest BCUT2D eigenvalue weighted by Gasteiger charge is 2.39. The fourth-order valence-electron chi connectivity index (χ4n) is 4.19. The van der Waals surface area contributed by atoms with E-state index in [0.29, 0.717) is 36.5 Å². The first-order chi connectivity index (χ1) is 19.3. The maximum absolute atomic E-state index is 13.9. The van der Waals surface area contributed by atoms with Gasteiger partial charge in [-0.3, -0.25) is 9.08 Å². The molecule has 0 radical (unpaired) electrons. The molecule has 1 fully saturated rings. The number of aliphatic hydroxyl groups excluding tert-OH is 1. The van der Waals surface area contributed by atoms with E-state index >= 15 is 0 Å². The lowest BCUT2D eigenvalue weighted by Crippen LogP contribution is -2.31. The summed E-state index contributed by atoms with van der Waals surface area (Å²) in [6.07, 6.45) is 1.40. The van der Waals surface area contributed by atoms with E-state index in [1.165, 1.54) is 33.9 Å². The first-order valence-corrected chi connectivity index (χ1v) is 12.5. The molecule has 4 heterocycles. The molecule has 1 aromatic carbocycles. The van der Waals surface area contributed by atoms with Crippen LogP contribution in [-0.4, -0.2) is 74.9 Å². The second-order valence-electron chi connectivity index (χ2n) is 8.88. The molecule has 0 spiro atoms. The van der Waals surface area contributed by atoms with Crippen LogP contribution >= 0.6 is 0 Å². The molecule has 3 aromatic heterocycles. The van der Waals surface area contributed by atoms with Crippen molar-refractivity contribution in [2.75, 3.05) is 39.6 Å². The van der Waals surface area contributed by atoms with Crippen LogP contribution in [0.1, 0.15) is 34.6 Å². The predicted molar refractivity (Wildman–Crippen MR) is 133 cm³/mol. The molecule has 0 aliphatic carbocycles. The van der Waals surface area contributed by atoms with E-state index < -0.39 is 17.8 Å². The van der Waals surface area contributed by atoms with Crippen LogP contribution in [0.3, 0.4) is 0 Å². The fraction of sp³-hybridized carbons (Fsp3) is 0.385. The number of hydrogen-bond donors (Lipinski definition) is 1. The lowest BCUT2D eigenvalue weighted by atomic mass is 10.1. The Balaban J connectivity index is 1.40. The Hall–Kier alpha value is -4.01. The van der Waals surface area contributed by atoms with Crippen molar-refractivity contribution < 1.29 is 42.0 Å². The van der Waals surface area contributed by atoms with E-state index in [-0.39, 0.29) is 55.3 Å². The van der Waals surface area contributed by atoms with Crippen LogP contribution in [0.15, 0.2) is 43.0 Å². The predicted octanol–water partition coefficient (Wildman–Crippen LogP) is 3.70. The molecule has 1 saturated heterocycles. The lowest BCUT2D eigenvalue weighted by Gasteiger charge is -2.26. The Morgan fingerprint density at radius 1 is 1.20 bits per heavy atom. The zero-order chi connectivity index (χ0) is 28.3. The Morgan fingerprint density at radius 2 is 2.02 bits per heavy atom. The van der Waals surface area contributed by atoms with Gasteiger partial charge in [0.25, 0.3) is 5.88 Å². The number of esters is 1. The maximum atomic E-state index is 13.9. The van der Waals surface area contributed by atoms with E-state index in [2.05, 4.69) is 15.1 Å². The number of imidazole rings is 1. The first kappa shape index (κ1) is 27.6. The summed E-state index contributed by atoms with van der Waals surface area (Å²) in [5, 5.41) is 12.5. The number of nitrogens with zero attached hydrogens (tertiary/aromatic N) is 5. The molecule has 1 N–H and O–H groups in total. The smallest absolute Gasteiger partial charge is 0.435 e. The van der Waals surface area contributed by atoms with Gasteiger partial charge in [-0.05, 0) is 30.2 Å². The zero-order valence-electron chi connectivity index (χ0n) is 21.4. The van der Waals surface area contributed by atoms with Crippen molar-refractivity contribution >= 4 is 11.6 Å². The third kappa shape index (κ3) is 5.64. The average Bonchev–Trinajstić information content (AvgIpc) is 3.52. The standard InChI is InChI=1S/C26H26F3N5O6/c1-2-16-11-18(3-4-19(16)25(36)39-10-9-37-8-7-35)40-24-23-31-12-21(33(23)6-5-30-24)20-13-34(17-14-38-15-17)32-22(20)26(27,28)29/h3-6,11-13,17,35H,2,7-10,14-15H2,1H3. The largest absolute Gasteiger partial charge is 0.460 e. The molecular formula is C26H26F3N5O6. The van der Waals surface area contributed by atoms with Gasteiger partial charge in [0.1, 0.15) is 12.4 Å². The minimum absolute atomic E-state index is 0.0394. The van der Waals surface area contributed by atoms with Crippen LogP contribution in [0.4, 0.5) is 13.2 Å². The molecule has 1 aliphatic rings. The number of rotatable bonds is 11. The number of aromatic nitrogens is 5. The van der Waals surface area contributed by atoms with Crippen LogP contribution in [0.5, 0.6) is 11.6 Å². The maximum Gasteiger partial charge on any atom is 0.435 e. The van der Waals surface area contributed by atoms with Gasteiger partial charge in [-0.15, -0.1) is 0 Å². The Labute approximate surface area is 226 Å². The number of fused-ring (bicyclic) bond motifs is 1. The third-order valence-electron chi connectivity index (χ3n) is 6.26. The molecular weight excluding hydrogens is 535 g/mol. The highest BCUT2D eigenvalue weighted by atomic mass is 19.4. The number of ether oxygens (including phenoxy) is 4. The molecule has 1 aliphatic heterocycles. The molecule has 4 aromatic rings. The van der Waals surface area contributed by atoms with Crippen LogP contribution in [0, 0.1) is 0 Å². The summed E-state index contributed by atoms with van der Waals surface area (Å²) in [4.78, 5) is 21.0. The van der Waals surface area contributed by atoms with E-state index in [4.69, 9.17) is 24.1 Å². The van der Waals surface area contributed by atoms with Gasteiger partial charge >= 0.3 is 12.1 Å². The molecule has 0 saturated carbocycles. The summed E-state index contributed by atoms with van der Waals surface area (Å²) in [6, 6.07) is 4.54. The number of carbonyl (C=O) groups is 1. The van der Waals surface area contributed by atoms with Crippen molar-refractivity contribution in [3.63, 3.8) is 0 Å². The first-order valence-electron chi connectivity index (χ1n) is 12.5. The molecule has 0 atom stereocenters. The van der Waals surface area contributed by atoms with Gasteiger partial charge in [-0.1, -0.05) is 6.92 Å². The SMILES string of the molecule is CCc1cc(Oc2nccn3c(-c4cn(C5COC5)nc4C(F)(F)F)cnc23)ccc1C(=O)OCCOCCO. The van der Waals surface area contributed by atoms with Crippen molar-refractivity contribution in [3.8, 4) is 22.9 Å². The third-order valence-corrected chi connectivity index (χ3v) is 6.26. The van der Waals surface area contributed by atoms with Crippen LogP contribution in [0.25, 0.3) is 16.9 Å². The lowest BCUT2D eigenvalue weighted by molar-refractivity contribution is -0.141. The Bertz CT molecular complexity index is 1500. The highest BCUT2D eigenvalue weighted by Crippen LogP contribution is 2.38. The summed E-state index contributed by atoms with van der Waals surface area (Å²) in [7, 11) is 0. The molecule has 14 heteroatoms. The normalized spacial score (nSPS) is 13.9. The van der Waals surface area contributed by atoms with Gasteiger partial charge in [-0.25, -0.2) is 14.8 Å². The van der Waals surface area contributed by atoms with Crippen LogP contribution < -0.4 is 4.74 Å². The molecule has 11 nitrogen and oxygen atoms in total. The quantitative estimate of drug-likeness (QED) is 0.216. The van der Waals surface area contributed by atoms with Gasteiger partial charge in [-0.2, -0.15) is 18.3 Å². The minimum Gasteiger partial charge on any atom is -0.460 e. The monoisotopic (exact) mass is 561 g/mol. The van der Waals surface area contributed by atoms with Gasteiger partial charge < -0.3 is 24.1 Å². The Kier molecular flexibility index (Phi) is 8.00. The minimum atomic E-state index is -4.67. The molecule has 0 unspecified atom stereocenters. The number of halogens is 3. The van der Waals surface area contributed by atoms with E-state index in [9.17, 15) is 18.0 Å². The van der Waals surface area contributed by atoms with Gasteiger partial charge in [0, 0.05) is 18.6 Å². The van der Waals surface area contributed by atoms with E-state index in [1.54, 1.807) is 18.2 Å². The van der Waals surface area contributed by atoms with Crippen molar-refractivity contribution in [1.29, 1.82) is 0 Å². The van der Waals surface area contributed by atoms with E-state index in [1.807, 2.05) is 6.92 Å². The summed E-state index contributed by atoms with van der Waals surface area (Å²) in [6.45, 7) is 2.70. The van der Waals surface area contributed by atoms with Crippen molar-refractivity contribution in [2.45, 2.75) is 25.6 Å². The summed E-state index contributed by atoms with van der Waals surface area (Å²) in [5.74, 6) is -0.0947. The number of aliphatic hydroxyl groups is 1. The molecule has 0 bridgehead atoms. The average molecular weight is 562 g/mol. The molecule has 40 heavy (non-hydrogen) atoms. The van der Waals surface area contributed by atoms with Crippen molar-refractivity contribution in [2.24, 2.45) is 0 Å². The van der Waals surface area contributed by atoms with Crippen molar-refractivity contribution in [3.05, 3.63) is 59.8 Å². The summed E-state index contributed by atoms with van der Waals surface area (Å²) >= 11 is 0. The number of aryl methyl sites for hydroxylation is 1. The zero-order valence-corrected chi connectivity index (χ0v) is 21.4. The number of hydrogen-bond acceptors (Lipinski definition) is 9. The van der Waals surface area contributed by atoms with Gasteiger partial charge in [0.15, 0.2) is 5.69 Å². The second kappa shape index (κ2) is 11.6. The molecule has 0 amide bonds. The summed E-state index contributed by atoms with van der Waals surface area (Å²) < 4.78 is 65.7. The Morgan fingerprint density at radius 3 is 2.73 bits per heavy atom. The highest BCUT2D eigenvalue weighted by molar-refractivity contribution is 5.91. The number of benzene rings is 1. The van der Waals surface area contributed by atoms with Gasteiger partial charge in [0.05, 0.1) is 62.1 Å². The van der Waals surface area contributed by atoms with Crippen molar-refractivity contribution in [1.82, 2.24) is 24.1 Å². The van der Waals surface area contributed by atoms with Gasteiger partial charge in [0.2, 0.25) is 5.65 Å². The van der Waals surface area contributed by atoms with Crippen LogP contribution in [0.2, 0.25) is 0 Å². The molecule has 212 valence electrons. The number of alkyl halides is 3. The van der Waals surface area contributed by atoms with Crippen LogP contribution in [-0.2, 0) is 26.8 Å². The van der Waals surface area contributed by atoms with E-state index in [0.717, 1.165) is 0 Å². The summed E-state index contributed by atoms with van der Waals surface area (Å²) in [5.41, 5.74) is 0.264. The molecule has 5 rings (SSSR count).